The number of aromatic nitrogens is 3. The van der Waals surface area contributed by atoms with Crippen LogP contribution in [0.15, 0.2) is 47.9 Å². The third-order valence-electron chi connectivity index (χ3n) is 5.99. The molecular formula is C29H33N3O6S. The lowest BCUT2D eigenvalue weighted by Gasteiger charge is -2.19. The minimum absolute atomic E-state index is 0.224. The molecule has 0 N–H and O–H groups in total. The van der Waals surface area contributed by atoms with Gasteiger partial charge in [0.05, 0.1) is 50.8 Å². The number of benzene rings is 2. The highest BCUT2D eigenvalue weighted by molar-refractivity contribution is 7.98. The van der Waals surface area contributed by atoms with Gasteiger partial charge < -0.3 is 28.3 Å². The first-order valence-corrected chi connectivity index (χ1v) is 13.7. The van der Waals surface area contributed by atoms with Crippen LogP contribution in [0, 0.1) is 0 Å². The van der Waals surface area contributed by atoms with E-state index in [-0.39, 0.29) is 6.61 Å². The van der Waals surface area contributed by atoms with Gasteiger partial charge in [0, 0.05) is 42.2 Å². The highest BCUT2D eigenvalue weighted by atomic mass is 32.2. The molecule has 206 valence electrons. The average Bonchev–Trinajstić information content (AvgIpc) is 3.35. The normalized spacial score (nSPS) is 10.9. The summed E-state index contributed by atoms with van der Waals surface area (Å²) in [5.41, 5.74) is 3.03. The number of imidazole rings is 1. The van der Waals surface area contributed by atoms with Crippen LogP contribution in [0.3, 0.4) is 0 Å². The van der Waals surface area contributed by atoms with Crippen molar-refractivity contribution in [3.63, 3.8) is 0 Å². The second kappa shape index (κ2) is 12.8. The standard InChI is InChI=1S/C29H33N3O6S/c1-7-36-24-15-19-20(16-25(24)37-8-2)31-21(17-39-29-30-12-13-32(29)4)27(28(33)38-9-3)26(19)18-10-11-22(34-5)23(14-18)35-6/h10-16H,7-9,17H2,1-6H3. The molecule has 0 unspecified atom stereocenters. The summed E-state index contributed by atoms with van der Waals surface area (Å²) in [6, 6.07) is 9.29. The number of aryl methyl sites for hydroxylation is 1. The number of hydrogen-bond donors (Lipinski definition) is 0. The monoisotopic (exact) mass is 551 g/mol. The first-order valence-electron chi connectivity index (χ1n) is 12.7. The minimum Gasteiger partial charge on any atom is -0.493 e. The number of carbonyl (C=O) groups excluding carboxylic acids is 1. The van der Waals surface area contributed by atoms with E-state index < -0.39 is 5.97 Å². The zero-order valence-corrected chi connectivity index (χ0v) is 23.9. The van der Waals surface area contributed by atoms with Gasteiger partial charge >= 0.3 is 5.97 Å². The molecule has 0 bridgehead atoms. The Morgan fingerprint density at radius 3 is 2.26 bits per heavy atom. The quantitative estimate of drug-likeness (QED) is 0.157. The van der Waals surface area contributed by atoms with Crippen LogP contribution in [-0.4, -0.2) is 54.5 Å². The Labute approximate surface area is 232 Å². The van der Waals surface area contributed by atoms with Crippen molar-refractivity contribution in [2.45, 2.75) is 31.7 Å². The Hall–Kier alpha value is -3.92. The Kier molecular flexibility index (Phi) is 9.19. The molecule has 2 aromatic carbocycles. The van der Waals surface area contributed by atoms with Crippen LogP contribution in [0.4, 0.5) is 0 Å². The van der Waals surface area contributed by atoms with Crippen LogP contribution in [0.2, 0.25) is 0 Å². The fourth-order valence-electron chi connectivity index (χ4n) is 4.30. The SMILES string of the molecule is CCOC(=O)c1c(CSc2nccn2C)nc2cc(OCC)c(OCC)cc2c1-c1ccc(OC)c(OC)c1. The lowest BCUT2D eigenvalue weighted by Crippen LogP contribution is -2.13. The molecule has 9 nitrogen and oxygen atoms in total. The summed E-state index contributed by atoms with van der Waals surface area (Å²) in [5.74, 6) is 2.21. The topological polar surface area (TPSA) is 93.9 Å². The van der Waals surface area contributed by atoms with E-state index in [4.69, 9.17) is 28.7 Å². The zero-order chi connectivity index (χ0) is 27.9. The molecule has 2 heterocycles. The minimum atomic E-state index is -0.459. The number of methoxy groups -OCH3 is 2. The zero-order valence-electron chi connectivity index (χ0n) is 23.1. The van der Waals surface area contributed by atoms with Gasteiger partial charge in [0.2, 0.25) is 0 Å². The maximum Gasteiger partial charge on any atom is 0.340 e. The molecule has 4 aromatic rings. The lowest BCUT2D eigenvalue weighted by molar-refractivity contribution is 0.0526. The molecule has 0 fully saturated rings. The van der Waals surface area contributed by atoms with Gasteiger partial charge in [-0.25, -0.2) is 9.78 Å². The number of ether oxygens (including phenoxy) is 5. The van der Waals surface area contributed by atoms with Crippen molar-refractivity contribution in [2.75, 3.05) is 34.0 Å². The number of esters is 1. The van der Waals surface area contributed by atoms with Crippen molar-refractivity contribution < 1.29 is 28.5 Å². The third-order valence-corrected chi connectivity index (χ3v) is 7.06. The van der Waals surface area contributed by atoms with Gasteiger partial charge in [0.1, 0.15) is 0 Å². The summed E-state index contributed by atoms with van der Waals surface area (Å²) >= 11 is 1.49. The van der Waals surface area contributed by atoms with Crippen molar-refractivity contribution in [3.8, 4) is 34.1 Å². The van der Waals surface area contributed by atoms with Crippen LogP contribution in [0.25, 0.3) is 22.0 Å². The highest BCUT2D eigenvalue weighted by Gasteiger charge is 2.26. The number of pyridine rings is 1. The smallest absolute Gasteiger partial charge is 0.340 e. The van der Waals surface area contributed by atoms with Gasteiger partial charge in [-0.1, -0.05) is 17.8 Å². The molecule has 0 atom stereocenters. The van der Waals surface area contributed by atoms with Gasteiger partial charge in [0.25, 0.3) is 0 Å². The largest absolute Gasteiger partial charge is 0.493 e. The Bertz CT molecular complexity index is 1470. The predicted octanol–water partition coefficient (Wildman–Crippen LogP) is 5.92. The maximum absolute atomic E-state index is 13.6. The van der Waals surface area contributed by atoms with E-state index in [1.165, 1.54) is 11.8 Å². The van der Waals surface area contributed by atoms with Crippen LogP contribution >= 0.6 is 11.8 Å². The van der Waals surface area contributed by atoms with Gasteiger partial charge in [-0.15, -0.1) is 0 Å². The summed E-state index contributed by atoms with van der Waals surface area (Å²) in [4.78, 5) is 23.0. The molecule has 10 heteroatoms. The fourth-order valence-corrected chi connectivity index (χ4v) is 5.18. The second-order valence-corrected chi connectivity index (χ2v) is 9.33. The average molecular weight is 552 g/mol. The number of carbonyl (C=O) groups is 1. The molecule has 0 saturated carbocycles. The summed E-state index contributed by atoms with van der Waals surface area (Å²) in [6.45, 7) is 6.76. The molecule has 0 aliphatic heterocycles. The Morgan fingerprint density at radius 2 is 1.64 bits per heavy atom. The second-order valence-electron chi connectivity index (χ2n) is 8.39. The van der Waals surface area contributed by atoms with Crippen molar-refractivity contribution >= 4 is 28.6 Å². The Balaban J connectivity index is 2.05. The molecule has 4 rings (SSSR count). The van der Waals surface area contributed by atoms with Crippen molar-refractivity contribution in [2.24, 2.45) is 7.05 Å². The van der Waals surface area contributed by atoms with Gasteiger partial charge in [-0.2, -0.15) is 0 Å². The molecule has 0 radical (unpaired) electrons. The van der Waals surface area contributed by atoms with E-state index in [0.717, 1.165) is 16.1 Å². The van der Waals surface area contributed by atoms with E-state index >= 15 is 0 Å². The van der Waals surface area contributed by atoms with E-state index in [1.807, 2.05) is 62.0 Å². The van der Waals surface area contributed by atoms with Crippen LogP contribution < -0.4 is 18.9 Å². The van der Waals surface area contributed by atoms with E-state index in [9.17, 15) is 4.79 Å². The Morgan fingerprint density at radius 1 is 0.923 bits per heavy atom. The van der Waals surface area contributed by atoms with Gasteiger partial charge in [0.15, 0.2) is 28.2 Å². The summed E-state index contributed by atoms with van der Waals surface area (Å²) in [6.07, 6.45) is 3.61. The number of hydrogen-bond acceptors (Lipinski definition) is 9. The van der Waals surface area contributed by atoms with E-state index in [1.54, 1.807) is 27.3 Å². The van der Waals surface area contributed by atoms with Crippen LogP contribution in [0.1, 0.15) is 36.8 Å². The van der Waals surface area contributed by atoms with Gasteiger partial charge in [-0.3, -0.25) is 4.98 Å². The van der Waals surface area contributed by atoms with Crippen molar-refractivity contribution in [3.05, 3.63) is 54.0 Å². The molecule has 0 aliphatic carbocycles. The molecule has 0 amide bonds. The summed E-state index contributed by atoms with van der Waals surface area (Å²) < 4.78 is 30.4. The molecule has 2 aromatic heterocycles. The fraction of sp³-hybridized carbons (Fsp3) is 0.345. The number of rotatable bonds is 12. The molecule has 39 heavy (non-hydrogen) atoms. The van der Waals surface area contributed by atoms with Crippen molar-refractivity contribution in [1.29, 1.82) is 0 Å². The first kappa shape index (κ1) is 28.1. The van der Waals surface area contributed by atoms with Crippen LogP contribution in [0.5, 0.6) is 23.0 Å². The molecular weight excluding hydrogens is 518 g/mol. The molecule has 0 aliphatic rings. The first-order chi connectivity index (χ1) is 18.9. The van der Waals surface area contributed by atoms with E-state index in [2.05, 4.69) is 4.98 Å². The highest BCUT2D eigenvalue weighted by Crippen LogP contribution is 2.42. The van der Waals surface area contributed by atoms with Crippen LogP contribution in [-0.2, 0) is 17.5 Å². The summed E-state index contributed by atoms with van der Waals surface area (Å²) in [5, 5.41) is 1.53. The van der Waals surface area contributed by atoms with E-state index in [0.29, 0.717) is 64.3 Å². The maximum atomic E-state index is 13.6. The molecule has 0 spiro atoms. The number of nitrogens with zero attached hydrogens (tertiary/aromatic N) is 3. The lowest BCUT2D eigenvalue weighted by atomic mass is 9.93. The number of thioether (sulfide) groups is 1. The summed E-state index contributed by atoms with van der Waals surface area (Å²) in [7, 11) is 5.09. The van der Waals surface area contributed by atoms with Crippen molar-refractivity contribution in [1.82, 2.24) is 14.5 Å². The predicted molar refractivity (Wildman–Crippen MR) is 151 cm³/mol. The van der Waals surface area contributed by atoms with Gasteiger partial charge in [-0.05, 0) is 44.5 Å². The molecule has 0 saturated heterocycles. The third kappa shape index (κ3) is 5.90. The number of fused-ring (bicyclic) bond motifs is 1.